The Bertz CT molecular complexity index is 72.1. The van der Waals surface area contributed by atoms with E-state index in [0.717, 1.165) is 6.54 Å². The molecule has 0 fully saturated rings. The molecule has 0 saturated heterocycles. The Kier molecular flexibility index (Phi) is 19.4. The fourth-order valence-corrected chi connectivity index (χ4v) is 0. The second kappa shape index (κ2) is 11.7. The maximum Gasteiger partial charge on any atom is 2.00 e. The van der Waals surface area contributed by atoms with Crippen molar-refractivity contribution in [3.63, 3.8) is 0 Å². The van der Waals surface area contributed by atoms with E-state index in [9.17, 15) is 0 Å². The van der Waals surface area contributed by atoms with Crippen LogP contribution in [0.15, 0.2) is 0 Å². The molecule has 3 nitrogen and oxygen atoms in total. The van der Waals surface area contributed by atoms with Crippen molar-refractivity contribution in [2.45, 2.75) is 6.92 Å². The van der Waals surface area contributed by atoms with Crippen LogP contribution in [0.3, 0.4) is 0 Å². The van der Waals surface area contributed by atoms with Gasteiger partial charge in [-0.2, -0.15) is 0 Å². The Labute approximate surface area is 76.7 Å². The van der Waals surface area contributed by atoms with Gasteiger partial charge in [-0.1, -0.05) is 6.92 Å². The van der Waals surface area contributed by atoms with E-state index >= 15 is 0 Å². The van der Waals surface area contributed by atoms with Gasteiger partial charge in [-0.25, -0.2) is 0 Å². The minimum absolute atomic E-state index is 0. The third-order valence-electron chi connectivity index (χ3n) is 0.540. The van der Waals surface area contributed by atoms with E-state index in [0.29, 0.717) is 0 Å². The summed E-state index contributed by atoms with van der Waals surface area (Å²) in [5.74, 6) is -1.08. The first-order valence-corrected chi connectivity index (χ1v) is 2.57. The smallest absolute Gasteiger partial charge is 0.503 e. The zero-order chi connectivity index (χ0) is 7.86. The predicted molar refractivity (Wildman–Crippen MR) is 36.7 cm³/mol. The number of carboxylic acids is 1. The summed E-state index contributed by atoms with van der Waals surface area (Å²) in [5.41, 5.74) is 0. The van der Waals surface area contributed by atoms with E-state index in [1.165, 1.54) is 0 Å². The summed E-state index contributed by atoms with van der Waals surface area (Å²) >= 11 is 0. The summed E-state index contributed by atoms with van der Waals surface area (Å²) in [7, 11) is 5.53. The van der Waals surface area contributed by atoms with Gasteiger partial charge in [0.1, 0.15) is 0 Å². The third-order valence-corrected chi connectivity index (χ3v) is 0.540. The number of hydrogen-bond acceptors (Lipinski definition) is 2. The van der Waals surface area contributed by atoms with Gasteiger partial charge in [-0.3, -0.25) is 18.8 Å². The van der Waals surface area contributed by atoms with Crippen LogP contribution in [-0.2, 0) is 25.9 Å². The van der Waals surface area contributed by atoms with Crippen molar-refractivity contribution < 1.29 is 31.0 Å². The zero-order valence-electron chi connectivity index (χ0n) is 6.33. The Morgan fingerprint density at radius 2 is 1.80 bits per heavy atom. The van der Waals surface area contributed by atoms with Gasteiger partial charge in [-0.05, 0) is 13.6 Å². The fraction of sp³-hybridized carbons (Fsp3) is 0.500. The second-order valence-corrected chi connectivity index (χ2v) is 1.57. The van der Waals surface area contributed by atoms with Crippen LogP contribution < -0.4 is 0 Å². The molecule has 0 aliphatic rings. The molecule has 0 heterocycles. The third kappa shape index (κ3) is 98.7. The predicted octanol–water partition coefficient (Wildman–Crippen LogP) is 0.632. The molecule has 0 aromatic heterocycles. The minimum Gasteiger partial charge on any atom is -0.503 e. The minimum atomic E-state index is -1.08. The molecule has 0 amide bonds. The van der Waals surface area contributed by atoms with Crippen LogP contribution in [0.4, 0.5) is 0 Å². The number of nitrogens with zero attached hydrogens (tertiary/aromatic N) is 1. The van der Waals surface area contributed by atoms with Crippen molar-refractivity contribution in [1.82, 2.24) is 4.90 Å². The van der Waals surface area contributed by atoms with Crippen molar-refractivity contribution in [3.8, 4) is 0 Å². The molecule has 0 atom stereocenters. The van der Waals surface area contributed by atoms with Crippen molar-refractivity contribution in [1.29, 1.82) is 0 Å². The molecule has 10 heavy (non-hydrogen) atoms. The summed E-state index contributed by atoms with van der Waals surface area (Å²) < 4.78 is 0. The summed E-state index contributed by atoms with van der Waals surface area (Å²) in [5, 5.41) is 7.31. The molecule has 0 aliphatic heterocycles. The average molecular weight is 315 g/mol. The molecule has 0 aliphatic carbocycles. The van der Waals surface area contributed by atoms with Gasteiger partial charge in [0.05, 0.1) is 0 Å². The average Bonchev–Trinajstić information content (AvgIpc) is 1.65. The molecule has 0 spiro atoms. The number of carbonyl (C=O) groups is 1. The number of aliphatic carboxylic acids is 1. The van der Waals surface area contributed by atoms with Gasteiger partial charge in [0.25, 0.3) is 0 Å². The van der Waals surface area contributed by atoms with Crippen molar-refractivity contribution >= 4 is 5.97 Å². The fourth-order valence-electron chi connectivity index (χ4n) is 0. The molecule has 0 aromatic carbocycles. The van der Waals surface area contributed by atoms with E-state index in [4.69, 9.17) is 9.90 Å². The topological polar surface area (TPSA) is 40.5 Å². The summed E-state index contributed by atoms with van der Waals surface area (Å²) in [4.78, 5) is 10.8. The van der Waals surface area contributed by atoms with Crippen LogP contribution in [0.5, 0.6) is 0 Å². The van der Waals surface area contributed by atoms with Crippen molar-refractivity contribution in [3.05, 3.63) is 14.0 Å². The summed E-state index contributed by atoms with van der Waals surface area (Å²) in [6.07, 6.45) is 0. The molecular weight excluding hydrogens is 302 g/mol. The molecule has 4 heteroatoms. The van der Waals surface area contributed by atoms with Gasteiger partial charge in [0.2, 0.25) is 0 Å². The molecule has 0 saturated carbocycles. The Morgan fingerprint density at radius 3 is 1.80 bits per heavy atom. The maximum atomic E-state index is 8.89. The van der Waals surface area contributed by atoms with Crippen LogP contribution in [0.25, 0.3) is 0 Å². The second-order valence-electron chi connectivity index (χ2n) is 1.57. The monoisotopic (exact) mass is 315 g/mol. The normalized spacial score (nSPS) is 7.20. The quantitative estimate of drug-likeness (QED) is 0.722. The maximum absolute atomic E-state index is 8.89. The van der Waals surface area contributed by atoms with Gasteiger partial charge in [0, 0.05) is 0 Å². The molecule has 1 N–H and O–H groups in total. The SMILES string of the molecule is [CH2-]C(=O)O.[CH2-]N(C)CC.[W+2]. The van der Waals surface area contributed by atoms with Gasteiger partial charge in [-0.15, -0.1) is 0 Å². The van der Waals surface area contributed by atoms with E-state index in [1.807, 2.05) is 11.9 Å². The summed E-state index contributed by atoms with van der Waals surface area (Å²) in [6, 6.07) is 0. The molecule has 0 bridgehead atoms. The standard InChI is InChI=1S/C4H10N.C2H3O2.W/c1-4-5(2)3;1-2(3)4;/h2,4H2,1,3H3;1H2,(H,3,4);/q2*-1;+2. The van der Waals surface area contributed by atoms with Crippen LogP contribution in [0, 0.1) is 14.0 Å². The molecule has 0 rings (SSSR count). The Hall–Kier alpha value is -0.0117. The molecular formula is C6H13NO2W. The first-order chi connectivity index (χ1) is 4.00. The zero-order valence-corrected chi connectivity index (χ0v) is 9.27. The summed E-state index contributed by atoms with van der Waals surface area (Å²) in [6.45, 7) is 5.65. The van der Waals surface area contributed by atoms with Crippen molar-refractivity contribution in [2.75, 3.05) is 13.6 Å². The molecule has 60 valence electrons. The molecule has 0 unspecified atom stereocenters. The van der Waals surface area contributed by atoms with Gasteiger partial charge in [0.15, 0.2) is 5.97 Å². The van der Waals surface area contributed by atoms with E-state index in [-0.39, 0.29) is 21.1 Å². The van der Waals surface area contributed by atoms with E-state index in [2.05, 4.69) is 20.9 Å². The number of hydrogen-bond donors (Lipinski definition) is 1. The van der Waals surface area contributed by atoms with Crippen LogP contribution >= 0.6 is 0 Å². The van der Waals surface area contributed by atoms with Gasteiger partial charge < -0.3 is 10.0 Å². The number of rotatable bonds is 1. The first-order valence-electron chi connectivity index (χ1n) is 2.57. The van der Waals surface area contributed by atoms with E-state index in [1.54, 1.807) is 0 Å². The van der Waals surface area contributed by atoms with Crippen LogP contribution in [-0.4, -0.2) is 29.6 Å². The Balaban J connectivity index is -0.0000000910. The molecule has 0 radical (unpaired) electrons. The van der Waals surface area contributed by atoms with E-state index < -0.39 is 5.97 Å². The van der Waals surface area contributed by atoms with Gasteiger partial charge >= 0.3 is 21.1 Å². The Morgan fingerprint density at radius 1 is 1.70 bits per heavy atom. The number of carboxylic acid groups (broad SMARTS) is 1. The van der Waals surface area contributed by atoms with Crippen LogP contribution in [0.1, 0.15) is 6.92 Å². The van der Waals surface area contributed by atoms with Crippen LogP contribution in [0.2, 0.25) is 0 Å². The first kappa shape index (κ1) is 16.5. The largest absolute Gasteiger partial charge is 2.00 e. The van der Waals surface area contributed by atoms with Crippen molar-refractivity contribution in [2.24, 2.45) is 0 Å². The molecule has 0 aromatic rings.